The number of rotatable bonds is 4. The molecule has 0 amide bonds. The minimum atomic E-state index is -3.53. The Hall–Kier alpha value is -1.86. The number of aromatic amines is 1. The molecule has 6 nitrogen and oxygen atoms in total. The summed E-state index contributed by atoms with van der Waals surface area (Å²) >= 11 is 0. The van der Waals surface area contributed by atoms with Crippen LogP contribution in [0.1, 0.15) is 11.1 Å². The number of hydrogen-bond donors (Lipinski definition) is 2. The molecule has 2 aromatic rings. The van der Waals surface area contributed by atoms with Crippen LogP contribution < -0.4 is 5.73 Å². The lowest BCUT2D eigenvalue weighted by molar-refractivity contribution is 0.466. The summed E-state index contributed by atoms with van der Waals surface area (Å²) in [7, 11) is -1.99. The molecule has 0 unspecified atom stereocenters. The predicted octanol–water partition coefficient (Wildman–Crippen LogP) is 1.12. The van der Waals surface area contributed by atoms with Gasteiger partial charge in [-0.3, -0.25) is 5.10 Å². The second kappa shape index (κ2) is 5.02. The molecule has 0 bridgehead atoms. The Labute approximate surface area is 112 Å². The van der Waals surface area contributed by atoms with E-state index >= 15 is 0 Å². The fourth-order valence-electron chi connectivity index (χ4n) is 1.84. The van der Waals surface area contributed by atoms with E-state index in [1.165, 1.54) is 17.4 Å². The Balaban J connectivity index is 2.31. The normalized spacial score (nSPS) is 11.9. The number of nitrogens with one attached hydrogen (secondary N) is 1. The van der Waals surface area contributed by atoms with Gasteiger partial charge in [-0.25, -0.2) is 8.42 Å². The smallest absolute Gasteiger partial charge is 0.243 e. The minimum absolute atomic E-state index is 0.267. The molecule has 1 heterocycles. The molecule has 0 aliphatic carbocycles. The first-order valence-electron chi connectivity index (χ1n) is 5.71. The lowest BCUT2D eigenvalue weighted by atomic mass is 10.2. The lowest BCUT2D eigenvalue weighted by Gasteiger charge is -2.18. The number of hydrogen-bond acceptors (Lipinski definition) is 4. The maximum absolute atomic E-state index is 12.4. The maximum Gasteiger partial charge on any atom is 0.243 e. The number of nitrogens with two attached hydrogens (primary N) is 1. The summed E-state index contributed by atoms with van der Waals surface area (Å²) in [4.78, 5) is 0.271. The van der Waals surface area contributed by atoms with Crippen molar-refractivity contribution in [2.24, 2.45) is 0 Å². The van der Waals surface area contributed by atoms with Gasteiger partial charge in [0.15, 0.2) is 0 Å². The molecule has 7 heteroatoms. The Bertz CT molecular complexity index is 665. The van der Waals surface area contributed by atoms with Crippen LogP contribution in [-0.2, 0) is 16.6 Å². The van der Waals surface area contributed by atoms with Crippen molar-refractivity contribution in [3.8, 4) is 0 Å². The molecule has 0 spiro atoms. The Morgan fingerprint density at radius 3 is 2.74 bits per heavy atom. The predicted molar refractivity (Wildman–Crippen MR) is 72.8 cm³/mol. The highest BCUT2D eigenvalue weighted by atomic mass is 32.2. The quantitative estimate of drug-likeness (QED) is 0.821. The number of sulfonamides is 1. The fraction of sp³-hybridized carbons (Fsp3) is 0.250. The summed E-state index contributed by atoms with van der Waals surface area (Å²) in [6.07, 6.45) is 3.27. The van der Waals surface area contributed by atoms with Crippen LogP contribution in [0.15, 0.2) is 35.5 Å². The topological polar surface area (TPSA) is 92.1 Å². The molecule has 3 N–H and O–H groups in total. The van der Waals surface area contributed by atoms with Crippen molar-refractivity contribution in [1.82, 2.24) is 14.5 Å². The van der Waals surface area contributed by atoms with E-state index in [1.807, 2.05) is 0 Å². The molecule has 0 fully saturated rings. The number of benzene rings is 1. The van der Waals surface area contributed by atoms with Crippen LogP contribution in [0, 0.1) is 6.92 Å². The molecule has 0 saturated carbocycles. The number of aryl methyl sites for hydroxylation is 1. The fourth-order valence-corrected chi connectivity index (χ4v) is 3.20. The zero-order valence-corrected chi connectivity index (χ0v) is 11.6. The molecule has 19 heavy (non-hydrogen) atoms. The monoisotopic (exact) mass is 280 g/mol. The number of aromatic nitrogens is 2. The van der Waals surface area contributed by atoms with Crippen LogP contribution >= 0.6 is 0 Å². The first-order chi connectivity index (χ1) is 8.91. The number of anilines is 1. The van der Waals surface area contributed by atoms with E-state index in [9.17, 15) is 8.42 Å². The number of nitrogen functional groups attached to an aromatic ring is 1. The molecular formula is C12H16N4O2S. The molecule has 2 rings (SSSR count). The third-order valence-electron chi connectivity index (χ3n) is 2.85. The summed E-state index contributed by atoms with van der Waals surface area (Å²) < 4.78 is 26.2. The first kappa shape index (κ1) is 13.6. The first-order valence-corrected chi connectivity index (χ1v) is 7.15. The standard InChI is InChI=1S/C12H16N4O2S/c1-9-5-11(13)3-4-12(9)19(17,18)16(2)8-10-6-14-15-7-10/h3-7H,8,13H2,1-2H3,(H,14,15). The molecule has 0 radical (unpaired) electrons. The molecule has 102 valence electrons. The summed E-state index contributed by atoms with van der Waals surface area (Å²) in [5.74, 6) is 0. The minimum Gasteiger partial charge on any atom is -0.399 e. The largest absolute Gasteiger partial charge is 0.399 e. The maximum atomic E-state index is 12.4. The van der Waals surface area contributed by atoms with Crippen LogP contribution in [0.3, 0.4) is 0 Å². The van der Waals surface area contributed by atoms with Gasteiger partial charge in [-0.1, -0.05) is 0 Å². The molecule has 0 atom stereocenters. The zero-order valence-electron chi connectivity index (χ0n) is 10.8. The molecule has 0 aliphatic heterocycles. The van der Waals surface area contributed by atoms with Gasteiger partial charge in [0.25, 0.3) is 0 Å². The Kier molecular flexibility index (Phi) is 3.59. The Morgan fingerprint density at radius 1 is 1.42 bits per heavy atom. The van der Waals surface area contributed by atoms with E-state index in [2.05, 4.69) is 10.2 Å². The summed E-state index contributed by atoms with van der Waals surface area (Å²) in [6.45, 7) is 2.00. The second-order valence-corrected chi connectivity index (χ2v) is 6.41. The van der Waals surface area contributed by atoms with Crippen LogP contribution in [0.2, 0.25) is 0 Å². The van der Waals surface area contributed by atoms with E-state index in [-0.39, 0.29) is 11.4 Å². The van der Waals surface area contributed by atoms with Gasteiger partial charge in [-0.05, 0) is 30.7 Å². The van der Waals surface area contributed by atoms with Crippen LogP contribution in [0.5, 0.6) is 0 Å². The van der Waals surface area contributed by atoms with Crippen molar-refractivity contribution in [2.75, 3.05) is 12.8 Å². The van der Waals surface area contributed by atoms with Gasteiger partial charge in [0.05, 0.1) is 11.1 Å². The highest BCUT2D eigenvalue weighted by molar-refractivity contribution is 7.89. The summed E-state index contributed by atoms with van der Waals surface area (Å²) in [6, 6.07) is 4.77. The van der Waals surface area contributed by atoms with Gasteiger partial charge in [-0.2, -0.15) is 9.40 Å². The van der Waals surface area contributed by atoms with Gasteiger partial charge < -0.3 is 5.73 Å². The van der Waals surface area contributed by atoms with Crippen molar-refractivity contribution < 1.29 is 8.42 Å². The van der Waals surface area contributed by atoms with E-state index in [4.69, 9.17) is 5.73 Å². The highest BCUT2D eigenvalue weighted by Crippen LogP contribution is 2.22. The molecule has 1 aromatic heterocycles. The van der Waals surface area contributed by atoms with Crippen molar-refractivity contribution in [3.05, 3.63) is 41.7 Å². The second-order valence-electron chi connectivity index (χ2n) is 4.39. The average Bonchev–Trinajstić information content (AvgIpc) is 2.81. The lowest BCUT2D eigenvalue weighted by Crippen LogP contribution is -2.27. The number of nitrogens with zero attached hydrogens (tertiary/aromatic N) is 2. The van der Waals surface area contributed by atoms with Gasteiger partial charge in [0.1, 0.15) is 0 Å². The third kappa shape index (κ3) is 2.77. The van der Waals surface area contributed by atoms with Crippen LogP contribution in [-0.4, -0.2) is 30.0 Å². The molecule has 0 aliphatic rings. The molecule has 0 saturated heterocycles. The van der Waals surface area contributed by atoms with Gasteiger partial charge in [-0.15, -0.1) is 0 Å². The SMILES string of the molecule is Cc1cc(N)ccc1S(=O)(=O)N(C)Cc1cn[nH]c1. The Morgan fingerprint density at radius 2 is 2.16 bits per heavy atom. The highest BCUT2D eigenvalue weighted by Gasteiger charge is 2.23. The van der Waals surface area contributed by atoms with Crippen molar-refractivity contribution in [1.29, 1.82) is 0 Å². The zero-order chi connectivity index (χ0) is 14.0. The van der Waals surface area contributed by atoms with E-state index < -0.39 is 10.0 Å². The summed E-state index contributed by atoms with van der Waals surface area (Å²) in [5.41, 5.74) is 7.63. The van der Waals surface area contributed by atoms with Gasteiger partial charge in [0.2, 0.25) is 10.0 Å². The van der Waals surface area contributed by atoms with Gasteiger partial charge in [0, 0.05) is 31.0 Å². The van der Waals surface area contributed by atoms with E-state index in [0.717, 1.165) is 5.56 Å². The number of H-pyrrole nitrogens is 1. The van der Waals surface area contributed by atoms with E-state index in [0.29, 0.717) is 11.3 Å². The third-order valence-corrected chi connectivity index (χ3v) is 4.81. The van der Waals surface area contributed by atoms with Crippen molar-refractivity contribution >= 4 is 15.7 Å². The van der Waals surface area contributed by atoms with Gasteiger partial charge >= 0.3 is 0 Å². The molecular weight excluding hydrogens is 264 g/mol. The van der Waals surface area contributed by atoms with Crippen molar-refractivity contribution in [3.63, 3.8) is 0 Å². The average molecular weight is 280 g/mol. The van der Waals surface area contributed by atoms with E-state index in [1.54, 1.807) is 31.5 Å². The van der Waals surface area contributed by atoms with Crippen LogP contribution in [0.4, 0.5) is 5.69 Å². The van der Waals surface area contributed by atoms with Crippen LogP contribution in [0.25, 0.3) is 0 Å². The summed E-state index contributed by atoms with van der Waals surface area (Å²) in [5, 5.41) is 6.45. The van der Waals surface area contributed by atoms with Crippen molar-refractivity contribution in [2.45, 2.75) is 18.4 Å². The molecule has 1 aromatic carbocycles.